The molecule has 1 aromatic carbocycles. The summed E-state index contributed by atoms with van der Waals surface area (Å²) in [5.41, 5.74) is 3.61. The molecule has 1 atom stereocenters. The van der Waals surface area contributed by atoms with Gasteiger partial charge in [0, 0.05) is 10.8 Å². The Balaban J connectivity index is 2.32. The van der Waals surface area contributed by atoms with E-state index in [9.17, 15) is 4.79 Å². The highest BCUT2D eigenvalue weighted by atomic mass is 16.2. The molecular weight excluding hydrogens is 282 g/mol. The summed E-state index contributed by atoms with van der Waals surface area (Å²) < 4.78 is 0. The van der Waals surface area contributed by atoms with E-state index in [2.05, 4.69) is 78.5 Å². The standard InChI is InChI=1S/C21H31NO/c1-13(2)14-10-9-11-15-16(14)22-17(21(15,7)8)19(3,4)12-20(5,6)18(22)23/h9-11,13,17H,12H2,1-8H3/t17-/m0/s1. The molecule has 2 aliphatic heterocycles. The number of carbonyl (C=O) groups is 1. The van der Waals surface area contributed by atoms with Crippen molar-refractivity contribution >= 4 is 11.6 Å². The van der Waals surface area contributed by atoms with Crippen molar-refractivity contribution in [2.24, 2.45) is 10.8 Å². The second kappa shape index (κ2) is 4.62. The molecule has 1 fully saturated rings. The van der Waals surface area contributed by atoms with Gasteiger partial charge in [-0.05, 0) is 28.9 Å². The van der Waals surface area contributed by atoms with Crippen LogP contribution in [0, 0.1) is 10.8 Å². The van der Waals surface area contributed by atoms with Gasteiger partial charge in [0.2, 0.25) is 5.91 Å². The van der Waals surface area contributed by atoms with Crippen LogP contribution in [0.15, 0.2) is 18.2 Å². The number of amides is 1. The van der Waals surface area contributed by atoms with Crippen LogP contribution in [-0.4, -0.2) is 11.9 Å². The molecule has 2 heterocycles. The third-order valence-corrected chi connectivity index (χ3v) is 6.00. The van der Waals surface area contributed by atoms with Gasteiger partial charge in [0.25, 0.3) is 0 Å². The number of piperidine rings is 1. The summed E-state index contributed by atoms with van der Waals surface area (Å²) in [4.78, 5) is 15.5. The fraction of sp³-hybridized carbons (Fsp3) is 0.667. The monoisotopic (exact) mass is 313 g/mol. The van der Waals surface area contributed by atoms with Gasteiger partial charge in [0.05, 0.1) is 11.7 Å². The molecule has 1 saturated heterocycles. The largest absolute Gasteiger partial charge is 0.307 e. The quantitative estimate of drug-likeness (QED) is 0.692. The first-order chi connectivity index (χ1) is 10.4. The van der Waals surface area contributed by atoms with Crippen molar-refractivity contribution in [2.75, 3.05) is 4.90 Å². The van der Waals surface area contributed by atoms with Crippen molar-refractivity contribution in [1.82, 2.24) is 0 Å². The molecule has 0 saturated carbocycles. The summed E-state index contributed by atoms with van der Waals surface area (Å²) in [6.45, 7) is 18.0. The number of carbonyl (C=O) groups excluding carboxylic acids is 1. The van der Waals surface area contributed by atoms with E-state index in [4.69, 9.17) is 0 Å². The smallest absolute Gasteiger partial charge is 0.232 e. The molecule has 2 nitrogen and oxygen atoms in total. The van der Waals surface area contributed by atoms with Crippen LogP contribution in [0.3, 0.4) is 0 Å². The molecule has 3 rings (SSSR count). The van der Waals surface area contributed by atoms with Crippen molar-refractivity contribution in [2.45, 2.75) is 79.2 Å². The van der Waals surface area contributed by atoms with E-state index in [1.807, 2.05) is 0 Å². The normalized spacial score (nSPS) is 27.1. The Morgan fingerprint density at radius 3 is 2.26 bits per heavy atom. The minimum Gasteiger partial charge on any atom is -0.307 e. The third kappa shape index (κ3) is 2.10. The Hall–Kier alpha value is -1.31. The second-order valence-corrected chi connectivity index (χ2v) is 9.75. The molecule has 2 heteroatoms. The van der Waals surface area contributed by atoms with E-state index in [0.29, 0.717) is 11.8 Å². The number of hydrogen-bond donors (Lipinski definition) is 0. The molecule has 0 spiro atoms. The van der Waals surface area contributed by atoms with Gasteiger partial charge in [-0.15, -0.1) is 0 Å². The number of rotatable bonds is 1. The molecule has 0 unspecified atom stereocenters. The lowest BCUT2D eigenvalue weighted by atomic mass is 9.60. The van der Waals surface area contributed by atoms with Crippen LogP contribution in [0.25, 0.3) is 0 Å². The van der Waals surface area contributed by atoms with Crippen molar-refractivity contribution < 1.29 is 4.79 Å². The number of hydrogen-bond acceptors (Lipinski definition) is 1. The van der Waals surface area contributed by atoms with Crippen LogP contribution in [-0.2, 0) is 10.2 Å². The first kappa shape index (κ1) is 16.5. The van der Waals surface area contributed by atoms with Crippen LogP contribution in [0.5, 0.6) is 0 Å². The number of nitrogens with zero attached hydrogens (tertiary/aromatic N) is 1. The summed E-state index contributed by atoms with van der Waals surface area (Å²) in [6, 6.07) is 6.82. The highest BCUT2D eigenvalue weighted by molar-refractivity contribution is 6.02. The zero-order valence-electron chi connectivity index (χ0n) is 15.9. The van der Waals surface area contributed by atoms with Gasteiger partial charge in [-0.25, -0.2) is 0 Å². The average Bonchev–Trinajstić information content (AvgIpc) is 2.64. The fourth-order valence-electron chi connectivity index (χ4n) is 5.60. The first-order valence-electron chi connectivity index (χ1n) is 8.88. The van der Waals surface area contributed by atoms with E-state index in [-0.39, 0.29) is 22.3 Å². The number of benzene rings is 1. The Labute approximate surface area is 141 Å². The summed E-state index contributed by atoms with van der Waals surface area (Å²) in [7, 11) is 0. The molecule has 0 aliphatic carbocycles. The molecule has 1 amide bonds. The van der Waals surface area contributed by atoms with Crippen molar-refractivity contribution in [3.63, 3.8) is 0 Å². The topological polar surface area (TPSA) is 20.3 Å². The first-order valence-corrected chi connectivity index (χ1v) is 8.88. The number of anilines is 1. The molecule has 1 aromatic rings. The molecule has 2 aliphatic rings. The summed E-state index contributed by atoms with van der Waals surface area (Å²) in [5, 5.41) is 0. The van der Waals surface area contributed by atoms with Crippen LogP contribution in [0.2, 0.25) is 0 Å². The minimum absolute atomic E-state index is 0.0180. The Morgan fingerprint density at radius 2 is 1.70 bits per heavy atom. The van der Waals surface area contributed by atoms with Gasteiger partial charge in [-0.2, -0.15) is 0 Å². The van der Waals surface area contributed by atoms with Crippen molar-refractivity contribution in [3.05, 3.63) is 29.3 Å². The fourth-order valence-corrected chi connectivity index (χ4v) is 5.60. The maximum atomic E-state index is 13.4. The zero-order valence-corrected chi connectivity index (χ0v) is 15.9. The number of fused-ring (bicyclic) bond motifs is 3. The van der Waals surface area contributed by atoms with Crippen molar-refractivity contribution in [3.8, 4) is 0 Å². The summed E-state index contributed by atoms with van der Waals surface area (Å²) in [6.07, 6.45) is 0.939. The Morgan fingerprint density at radius 1 is 1.09 bits per heavy atom. The maximum absolute atomic E-state index is 13.4. The summed E-state index contributed by atoms with van der Waals surface area (Å²) in [5.74, 6) is 0.710. The Bertz CT molecular complexity index is 666. The van der Waals surface area contributed by atoms with Gasteiger partial charge in [0.15, 0.2) is 0 Å². The third-order valence-electron chi connectivity index (χ3n) is 6.00. The molecule has 23 heavy (non-hydrogen) atoms. The highest BCUT2D eigenvalue weighted by Crippen LogP contribution is 2.59. The lowest BCUT2D eigenvalue weighted by molar-refractivity contribution is -0.133. The molecule has 0 aromatic heterocycles. The van der Waals surface area contributed by atoms with Gasteiger partial charge in [-0.1, -0.05) is 73.6 Å². The van der Waals surface area contributed by atoms with Crippen LogP contribution < -0.4 is 4.90 Å². The SMILES string of the molecule is CC(C)c1cccc2c1N1C(=O)C(C)(C)CC(C)(C)[C@H]1C2(C)C. The molecular formula is C21H31NO. The lowest BCUT2D eigenvalue weighted by Crippen LogP contribution is -2.62. The lowest BCUT2D eigenvalue weighted by Gasteiger charge is -2.53. The second-order valence-electron chi connectivity index (χ2n) is 9.75. The molecule has 126 valence electrons. The van der Waals surface area contributed by atoms with Crippen LogP contribution in [0.1, 0.15) is 78.9 Å². The molecule has 0 radical (unpaired) electrons. The highest BCUT2D eigenvalue weighted by Gasteiger charge is 2.60. The van der Waals surface area contributed by atoms with Gasteiger partial charge in [0.1, 0.15) is 0 Å². The Kier molecular flexibility index (Phi) is 3.32. The predicted octanol–water partition coefficient (Wildman–Crippen LogP) is 5.26. The zero-order chi connectivity index (χ0) is 17.4. The van der Waals surface area contributed by atoms with Crippen molar-refractivity contribution in [1.29, 1.82) is 0 Å². The molecule has 0 bridgehead atoms. The van der Waals surface area contributed by atoms with E-state index in [1.54, 1.807) is 0 Å². The van der Waals surface area contributed by atoms with E-state index >= 15 is 0 Å². The molecule has 0 N–H and O–H groups in total. The van der Waals surface area contributed by atoms with Gasteiger partial charge < -0.3 is 4.90 Å². The van der Waals surface area contributed by atoms with Crippen LogP contribution >= 0.6 is 0 Å². The van der Waals surface area contributed by atoms with E-state index < -0.39 is 0 Å². The van der Waals surface area contributed by atoms with E-state index in [0.717, 1.165) is 6.42 Å². The number of para-hydroxylation sites is 1. The minimum atomic E-state index is -0.304. The summed E-state index contributed by atoms with van der Waals surface area (Å²) >= 11 is 0. The van der Waals surface area contributed by atoms with Gasteiger partial charge in [-0.3, -0.25) is 4.79 Å². The maximum Gasteiger partial charge on any atom is 0.232 e. The van der Waals surface area contributed by atoms with Gasteiger partial charge >= 0.3 is 0 Å². The van der Waals surface area contributed by atoms with Crippen LogP contribution in [0.4, 0.5) is 5.69 Å². The predicted molar refractivity (Wildman–Crippen MR) is 97.0 cm³/mol. The average molecular weight is 313 g/mol. The van der Waals surface area contributed by atoms with E-state index in [1.165, 1.54) is 16.8 Å².